The van der Waals surface area contributed by atoms with E-state index in [0.717, 1.165) is 10.0 Å². The van der Waals surface area contributed by atoms with E-state index in [1.54, 1.807) is 11.0 Å². The molecule has 6 heteroatoms. The van der Waals surface area contributed by atoms with Gasteiger partial charge in [-0.05, 0) is 39.0 Å². The van der Waals surface area contributed by atoms with Gasteiger partial charge in [0.1, 0.15) is 5.60 Å². The molecule has 2 aliphatic rings. The maximum atomic E-state index is 12.0. The number of ether oxygens (including phenoxy) is 2. The Morgan fingerprint density at radius 2 is 2.05 bits per heavy atom. The third-order valence-electron chi connectivity index (χ3n) is 3.52. The fourth-order valence-corrected chi connectivity index (χ4v) is 2.98. The number of likely N-dealkylation sites (tertiary alicyclic amines) is 1. The summed E-state index contributed by atoms with van der Waals surface area (Å²) >= 11 is 3.40. The normalized spacial score (nSPS) is 19.0. The first-order valence-corrected chi connectivity index (χ1v) is 7.51. The molecule has 5 nitrogen and oxygen atoms in total. The molecule has 0 aromatic heterocycles. The highest BCUT2D eigenvalue weighted by Crippen LogP contribution is 2.44. The molecule has 3 rings (SSSR count). The van der Waals surface area contributed by atoms with E-state index in [0.29, 0.717) is 18.7 Å². The van der Waals surface area contributed by atoms with Gasteiger partial charge in [-0.2, -0.15) is 0 Å². The monoisotopic (exact) mass is 353 g/mol. The van der Waals surface area contributed by atoms with Gasteiger partial charge in [-0.25, -0.2) is 9.59 Å². The van der Waals surface area contributed by atoms with E-state index in [9.17, 15) is 9.59 Å². The number of benzene rings is 1. The number of halogens is 1. The molecule has 1 fully saturated rings. The fraction of sp³-hybridized carbons (Fsp3) is 0.467. The lowest BCUT2D eigenvalue weighted by atomic mass is 9.85. The maximum absolute atomic E-state index is 12.0. The van der Waals surface area contributed by atoms with E-state index in [1.807, 2.05) is 32.9 Å². The summed E-state index contributed by atoms with van der Waals surface area (Å²) < 4.78 is 11.7. The molecular weight excluding hydrogens is 338 g/mol. The molecule has 0 N–H and O–H groups in total. The highest BCUT2D eigenvalue weighted by atomic mass is 79.9. The quantitative estimate of drug-likeness (QED) is 0.672. The summed E-state index contributed by atoms with van der Waals surface area (Å²) in [6.07, 6.45) is -0.382. The highest BCUT2D eigenvalue weighted by molar-refractivity contribution is 9.10. The van der Waals surface area contributed by atoms with Crippen molar-refractivity contribution >= 4 is 28.0 Å². The van der Waals surface area contributed by atoms with Crippen LogP contribution in [0.15, 0.2) is 22.7 Å². The first kappa shape index (κ1) is 14.4. The Hall–Kier alpha value is -1.56. The number of carbonyl (C=O) groups is 2. The smallest absolute Gasteiger partial charge is 0.410 e. The molecule has 0 radical (unpaired) electrons. The van der Waals surface area contributed by atoms with Gasteiger partial charge in [0, 0.05) is 10.0 Å². The van der Waals surface area contributed by atoms with Gasteiger partial charge in [-0.3, -0.25) is 4.90 Å². The topological polar surface area (TPSA) is 55.8 Å². The standard InChI is InChI=1S/C15H16BrNO4/c1-14(2,3)21-13(19)17-7-15(8-17)11-6-9(16)4-5-10(11)12(18)20-15/h4-6H,7-8H2,1-3H3. The van der Waals surface area contributed by atoms with Gasteiger partial charge in [0.25, 0.3) is 0 Å². The molecule has 1 saturated heterocycles. The number of hydrogen-bond acceptors (Lipinski definition) is 4. The third-order valence-corrected chi connectivity index (χ3v) is 4.02. The van der Waals surface area contributed by atoms with Crippen molar-refractivity contribution in [2.75, 3.05) is 13.1 Å². The van der Waals surface area contributed by atoms with Crippen molar-refractivity contribution in [1.29, 1.82) is 0 Å². The Kier molecular flexibility index (Phi) is 3.06. The molecule has 1 aromatic rings. The average molecular weight is 354 g/mol. The van der Waals surface area contributed by atoms with Crippen LogP contribution in [-0.2, 0) is 15.1 Å². The lowest BCUT2D eigenvalue weighted by Gasteiger charge is -2.46. The molecule has 0 atom stereocenters. The van der Waals surface area contributed by atoms with E-state index in [1.165, 1.54) is 0 Å². The van der Waals surface area contributed by atoms with Crippen LogP contribution < -0.4 is 0 Å². The van der Waals surface area contributed by atoms with Crippen molar-refractivity contribution in [3.05, 3.63) is 33.8 Å². The Morgan fingerprint density at radius 1 is 1.38 bits per heavy atom. The molecule has 112 valence electrons. The van der Waals surface area contributed by atoms with Gasteiger partial charge < -0.3 is 9.47 Å². The summed E-state index contributed by atoms with van der Waals surface area (Å²) in [5.41, 5.74) is 0.156. The molecule has 0 aliphatic carbocycles. The number of amides is 1. The van der Waals surface area contributed by atoms with Crippen LogP contribution in [0.5, 0.6) is 0 Å². The van der Waals surface area contributed by atoms with Crippen LogP contribution in [0.1, 0.15) is 36.7 Å². The number of nitrogens with zero attached hydrogens (tertiary/aromatic N) is 1. The number of carbonyl (C=O) groups excluding carboxylic acids is 2. The van der Waals surface area contributed by atoms with Gasteiger partial charge in [0.15, 0.2) is 5.60 Å². The molecular formula is C15H16BrNO4. The second-order valence-corrected chi connectivity index (χ2v) is 7.33. The lowest BCUT2D eigenvalue weighted by molar-refractivity contribution is -0.104. The fourth-order valence-electron chi connectivity index (χ4n) is 2.62. The molecule has 1 aromatic carbocycles. The van der Waals surface area contributed by atoms with Crippen LogP contribution in [0, 0.1) is 0 Å². The number of hydrogen-bond donors (Lipinski definition) is 0. The average Bonchev–Trinajstić information content (AvgIpc) is 2.58. The third kappa shape index (κ3) is 2.41. The molecule has 0 saturated carbocycles. The second kappa shape index (κ2) is 4.47. The SMILES string of the molecule is CC(C)(C)OC(=O)N1CC2(C1)OC(=O)c1ccc(Br)cc12. The molecule has 1 amide bonds. The van der Waals surface area contributed by atoms with Crippen LogP contribution in [-0.4, -0.2) is 35.7 Å². The Bertz CT molecular complexity index is 629. The number of rotatable bonds is 0. The predicted octanol–water partition coefficient (Wildman–Crippen LogP) is 3.07. The largest absolute Gasteiger partial charge is 0.447 e. The maximum Gasteiger partial charge on any atom is 0.410 e. The zero-order chi connectivity index (χ0) is 15.4. The van der Waals surface area contributed by atoms with Gasteiger partial charge in [0.2, 0.25) is 0 Å². The molecule has 21 heavy (non-hydrogen) atoms. The van der Waals surface area contributed by atoms with Crippen molar-refractivity contribution in [3.8, 4) is 0 Å². The Labute approximate surface area is 131 Å². The Morgan fingerprint density at radius 3 is 2.67 bits per heavy atom. The summed E-state index contributed by atoms with van der Waals surface area (Å²) in [7, 11) is 0. The summed E-state index contributed by atoms with van der Waals surface area (Å²) in [6.45, 7) is 6.13. The van der Waals surface area contributed by atoms with Gasteiger partial charge in [-0.15, -0.1) is 0 Å². The lowest BCUT2D eigenvalue weighted by Crippen LogP contribution is -2.62. The van der Waals surface area contributed by atoms with Gasteiger partial charge >= 0.3 is 12.1 Å². The minimum Gasteiger partial charge on any atom is -0.447 e. The zero-order valence-electron chi connectivity index (χ0n) is 12.1. The van der Waals surface area contributed by atoms with Gasteiger partial charge in [0.05, 0.1) is 18.7 Å². The van der Waals surface area contributed by atoms with Crippen LogP contribution in [0.2, 0.25) is 0 Å². The Balaban J connectivity index is 1.78. The van der Waals surface area contributed by atoms with Crippen molar-refractivity contribution in [2.24, 2.45) is 0 Å². The van der Waals surface area contributed by atoms with E-state index in [-0.39, 0.29) is 12.1 Å². The first-order chi connectivity index (χ1) is 9.70. The first-order valence-electron chi connectivity index (χ1n) is 6.71. The van der Waals surface area contributed by atoms with Crippen molar-refractivity contribution in [3.63, 3.8) is 0 Å². The molecule has 0 bridgehead atoms. The van der Waals surface area contributed by atoms with E-state index in [4.69, 9.17) is 9.47 Å². The number of fused-ring (bicyclic) bond motifs is 2. The highest BCUT2D eigenvalue weighted by Gasteiger charge is 2.56. The number of esters is 1. The van der Waals surface area contributed by atoms with Crippen LogP contribution >= 0.6 is 15.9 Å². The van der Waals surface area contributed by atoms with Gasteiger partial charge in [-0.1, -0.05) is 15.9 Å². The minimum absolute atomic E-state index is 0.330. The van der Waals surface area contributed by atoms with E-state index < -0.39 is 11.2 Å². The second-order valence-electron chi connectivity index (χ2n) is 6.41. The molecule has 1 spiro atoms. The summed E-state index contributed by atoms with van der Waals surface area (Å²) in [5.74, 6) is -0.332. The minimum atomic E-state index is -0.715. The van der Waals surface area contributed by atoms with E-state index >= 15 is 0 Å². The van der Waals surface area contributed by atoms with Crippen molar-refractivity contribution < 1.29 is 19.1 Å². The molecule has 0 unspecified atom stereocenters. The van der Waals surface area contributed by atoms with E-state index in [2.05, 4.69) is 15.9 Å². The zero-order valence-corrected chi connectivity index (χ0v) is 13.7. The van der Waals surface area contributed by atoms with Crippen molar-refractivity contribution in [1.82, 2.24) is 4.90 Å². The summed E-state index contributed by atoms with van der Waals surface area (Å²) in [6, 6.07) is 5.43. The summed E-state index contributed by atoms with van der Waals surface area (Å²) in [4.78, 5) is 25.5. The predicted molar refractivity (Wildman–Crippen MR) is 79.0 cm³/mol. The summed E-state index contributed by atoms with van der Waals surface area (Å²) in [5, 5.41) is 0. The molecule has 2 heterocycles. The van der Waals surface area contributed by atoms with Crippen molar-refractivity contribution in [2.45, 2.75) is 32.0 Å². The molecule has 2 aliphatic heterocycles. The van der Waals surface area contributed by atoms with Crippen LogP contribution in [0.25, 0.3) is 0 Å². The van der Waals surface area contributed by atoms with Crippen LogP contribution in [0.3, 0.4) is 0 Å². The van der Waals surface area contributed by atoms with Crippen LogP contribution in [0.4, 0.5) is 4.79 Å².